The zero-order valence-corrected chi connectivity index (χ0v) is 41.8. The van der Waals surface area contributed by atoms with E-state index in [1.54, 1.807) is 83.1 Å². The molecule has 0 aromatic heterocycles. The lowest BCUT2D eigenvalue weighted by molar-refractivity contribution is -0.152. The van der Waals surface area contributed by atoms with E-state index >= 15 is 4.57 Å². The standard InChI is InChI=1S/C52H59N6O12P/c1-50(2)47(44(56-19-7-10-41(56)59)35-26-32(29-53)13-16-38(35)67-50)63-22-24-65-71(62,70-49-46(58-21-9-12-43(58)61)37-28-34(31-55)15-18-40(37)69-52(49,5)6)66-25-23-64-48-45(57-20-8-11-42(57)60)36-27-33(30-54)14-17-39(36)68-51(48,3)4/h13-18,26-28,44-49H,7-12,19-25H2,1-6H3/t44-,45-,46-,47+,48+,49+/m0/s1. The second-order valence-electron chi connectivity index (χ2n) is 20.3. The Labute approximate surface area is 413 Å². The van der Waals surface area contributed by atoms with Gasteiger partial charge in [0, 0.05) is 55.6 Å². The lowest BCUT2D eigenvalue weighted by Crippen LogP contribution is -2.55. The molecule has 6 aliphatic heterocycles. The van der Waals surface area contributed by atoms with Crippen molar-refractivity contribution in [1.82, 2.24) is 14.7 Å². The summed E-state index contributed by atoms with van der Waals surface area (Å²) in [4.78, 5) is 45.5. The fourth-order valence-corrected chi connectivity index (χ4v) is 12.5. The van der Waals surface area contributed by atoms with Crippen LogP contribution in [0.1, 0.15) is 132 Å². The van der Waals surface area contributed by atoms with Crippen molar-refractivity contribution in [2.45, 2.75) is 133 Å². The summed E-state index contributed by atoms with van der Waals surface area (Å²) in [6, 6.07) is 19.6. The van der Waals surface area contributed by atoms with Crippen LogP contribution in [0.15, 0.2) is 54.6 Å². The van der Waals surface area contributed by atoms with E-state index < -0.39 is 61.1 Å². The number of nitriles is 3. The zero-order chi connectivity index (χ0) is 50.5. The minimum absolute atomic E-state index is 0.0520. The SMILES string of the molecule is CC1(C)Oc2ccc(C#N)cc2[C@H](N2CCCC2=O)[C@H]1OCCOP(=O)(OCCO[C@@H]1[C@@H](N2CCCC2=O)c2cc(C#N)ccc2OC1(C)C)O[C@@H]1[C@@H](N2CCCC2=O)c2cc(C#N)ccc2OC1(C)C. The molecule has 0 unspecified atom stereocenters. The minimum Gasteiger partial charge on any atom is -0.485 e. The Balaban J connectivity index is 1.00. The van der Waals surface area contributed by atoms with E-state index in [0.29, 0.717) is 102 Å². The molecular formula is C52H59N6O12P. The molecule has 3 fully saturated rings. The topological polar surface area (TPSA) is 223 Å². The van der Waals surface area contributed by atoms with E-state index in [1.807, 2.05) is 27.7 Å². The number of phosphoric acid groups is 1. The van der Waals surface area contributed by atoms with Gasteiger partial charge in [-0.2, -0.15) is 15.8 Å². The summed E-state index contributed by atoms with van der Waals surface area (Å²) in [5.41, 5.74) is -0.294. The maximum absolute atomic E-state index is 15.5. The summed E-state index contributed by atoms with van der Waals surface area (Å²) in [6.45, 7) is 11.2. The van der Waals surface area contributed by atoms with E-state index in [4.69, 9.17) is 37.3 Å². The molecule has 3 saturated heterocycles. The van der Waals surface area contributed by atoms with Crippen molar-refractivity contribution in [2.24, 2.45) is 0 Å². The van der Waals surface area contributed by atoms with Crippen LogP contribution in [0.4, 0.5) is 0 Å². The number of carbonyl (C=O) groups excluding carboxylic acids is 3. The van der Waals surface area contributed by atoms with Crippen molar-refractivity contribution in [1.29, 1.82) is 15.8 Å². The second kappa shape index (κ2) is 19.5. The van der Waals surface area contributed by atoms with Crippen LogP contribution in [0.3, 0.4) is 0 Å². The summed E-state index contributed by atoms with van der Waals surface area (Å²) in [5, 5.41) is 29.6. The fourth-order valence-electron chi connectivity index (χ4n) is 11.0. The number of amides is 3. The number of phosphoric ester groups is 1. The normalized spacial score (nSPS) is 26.0. The first kappa shape index (κ1) is 49.9. The summed E-state index contributed by atoms with van der Waals surface area (Å²) < 4.78 is 67.2. The summed E-state index contributed by atoms with van der Waals surface area (Å²) in [5.74, 6) is 1.26. The first-order chi connectivity index (χ1) is 33.9. The van der Waals surface area contributed by atoms with Gasteiger partial charge in [-0.1, -0.05) is 0 Å². The Morgan fingerprint density at radius 1 is 0.535 bits per heavy atom. The minimum atomic E-state index is -4.73. The maximum atomic E-state index is 15.5. The quantitative estimate of drug-likeness (QED) is 0.106. The number of rotatable bonds is 15. The Morgan fingerprint density at radius 3 is 1.17 bits per heavy atom. The van der Waals surface area contributed by atoms with Crippen molar-refractivity contribution in [3.8, 4) is 35.5 Å². The highest BCUT2D eigenvalue weighted by Gasteiger charge is 2.54. The van der Waals surface area contributed by atoms with Crippen LogP contribution < -0.4 is 14.2 Å². The third-order valence-corrected chi connectivity index (χ3v) is 15.7. The van der Waals surface area contributed by atoms with Crippen molar-refractivity contribution >= 4 is 25.5 Å². The molecule has 6 heterocycles. The second-order valence-corrected chi connectivity index (χ2v) is 22.0. The average molecular weight is 991 g/mol. The van der Waals surface area contributed by atoms with Gasteiger partial charge in [-0.3, -0.25) is 28.0 Å². The van der Waals surface area contributed by atoms with Crippen molar-refractivity contribution in [3.63, 3.8) is 0 Å². The van der Waals surface area contributed by atoms with Crippen LogP contribution >= 0.6 is 7.82 Å². The molecule has 0 spiro atoms. The fraction of sp³-hybridized carbons (Fsp3) is 0.538. The molecule has 9 rings (SSSR count). The first-order valence-electron chi connectivity index (χ1n) is 24.3. The predicted octanol–water partition coefficient (Wildman–Crippen LogP) is 7.50. The van der Waals surface area contributed by atoms with Gasteiger partial charge in [0.25, 0.3) is 0 Å². The van der Waals surface area contributed by atoms with Crippen LogP contribution in [0.25, 0.3) is 0 Å². The monoisotopic (exact) mass is 990 g/mol. The zero-order valence-electron chi connectivity index (χ0n) is 40.9. The van der Waals surface area contributed by atoms with Crippen LogP contribution in [-0.4, -0.2) is 114 Å². The van der Waals surface area contributed by atoms with Gasteiger partial charge in [0.1, 0.15) is 52.4 Å². The van der Waals surface area contributed by atoms with Crippen LogP contribution in [-0.2, 0) is 42.0 Å². The number of ether oxygens (including phenoxy) is 5. The summed E-state index contributed by atoms with van der Waals surface area (Å²) >= 11 is 0. The van der Waals surface area contributed by atoms with E-state index in [2.05, 4.69) is 18.2 Å². The van der Waals surface area contributed by atoms with Crippen LogP contribution in [0.5, 0.6) is 17.2 Å². The van der Waals surface area contributed by atoms with Crippen LogP contribution in [0, 0.1) is 34.0 Å². The Morgan fingerprint density at radius 2 is 0.859 bits per heavy atom. The maximum Gasteiger partial charge on any atom is 0.475 e. The molecule has 0 bridgehead atoms. The molecule has 71 heavy (non-hydrogen) atoms. The molecule has 0 radical (unpaired) electrons. The van der Waals surface area contributed by atoms with E-state index in [9.17, 15) is 30.2 Å². The molecule has 374 valence electrons. The third kappa shape index (κ3) is 9.72. The van der Waals surface area contributed by atoms with Crippen molar-refractivity contribution in [2.75, 3.05) is 46.1 Å². The highest BCUT2D eigenvalue weighted by molar-refractivity contribution is 7.48. The van der Waals surface area contributed by atoms with Gasteiger partial charge in [-0.15, -0.1) is 0 Å². The molecule has 3 aromatic rings. The predicted molar refractivity (Wildman–Crippen MR) is 253 cm³/mol. The van der Waals surface area contributed by atoms with Gasteiger partial charge in [0.15, 0.2) is 0 Å². The van der Waals surface area contributed by atoms with E-state index in [0.717, 1.165) is 0 Å². The summed E-state index contributed by atoms with van der Waals surface area (Å²) in [7, 11) is -4.73. The molecule has 0 saturated carbocycles. The van der Waals surface area contributed by atoms with Crippen molar-refractivity contribution < 1.29 is 56.2 Å². The number of carbonyl (C=O) groups is 3. The van der Waals surface area contributed by atoms with Gasteiger partial charge in [-0.05, 0) is 115 Å². The van der Waals surface area contributed by atoms with E-state index in [1.165, 1.54) is 0 Å². The molecule has 0 N–H and O–H groups in total. The van der Waals surface area contributed by atoms with Gasteiger partial charge in [0.2, 0.25) is 17.7 Å². The molecular weight excluding hydrogens is 932 g/mol. The number of hydrogen-bond donors (Lipinski definition) is 0. The lowest BCUT2D eigenvalue weighted by Gasteiger charge is -2.48. The van der Waals surface area contributed by atoms with E-state index in [-0.39, 0.29) is 50.6 Å². The summed E-state index contributed by atoms with van der Waals surface area (Å²) in [6.07, 6.45) is 0.229. The van der Waals surface area contributed by atoms with Gasteiger partial charge < -0.3 is 38.4 Å². The van der Waals surface area contributed by atoms with Gasteiger partial charge >= 0.3 is 7.82 Å². The van der Waals surface area contributed by atoms with Gasteiger partial charge in [-0.25, -0.2) is 4.57 Å². The molecule has 0 aliphatic carbocycles. The molecule has 3 amide bonds. The molecule has 3 aromatic carbocycles. The smallest absolute Gasteiger partial charge is 0.475 e. The number of likely N-dealkylation sites (tertiary alicyclic amines) is 3. The van der Waals surface area contributed by atoms with Crippen molar-refractivity contribution in [3.05, 3.63) is 88.0 Å². The number of nitrogens with zero attached hydrogens (tertiary/aromatic N) is 6. The Hall–Kier alpha value is -6.03. The Kier molecular flexibility index (Phi) is 13.7. The Bertz CT molecular complexity index is 2650. The largest absolute Gasteiger partial charge is 0.485 e. The van der Waals surface area contributed by atoms with Gasteiger partial charge in [0.05, 0.1) is 79.5 Å². The molecule has 18 nitrogen and oxygen atoms in total. The highest BCUT2D eigenvalue weighted by atomic mass is 31.2. The number of hydrogen-bond acceptors (Lipinski definition) is 15. The molecule has 19 heteroatoms. The number of benzene rings is 3. The first-order valence-corrected chi connectivity index (χ1v) is 25.7. The molecule has 6 aliphatic rings. The average Bonchev–Trinajstić information content (AvgIpc) is 4.09. The van der Waals surface area contributed by atoms with Crippen LogP contribution in [0.2, 0.25) is 0 Å². The lowest BCUT2D eigenvalue weighted by atomic mass is 9.84. The highest BCUT2D eigenvalue weighted by Crippen LogP contribution is 2.57. The number of fused-ring (bicyclic) bond motifs is 3. The third-order valence-electron chi connectivity index (χ3n) is 14.2. The molecule has 6 atom stereocenters.